The largest absolute Gasteiger partial charge is 0.304 e. The Bertz CT molecular complexity index is 1180. The number of nitrogens with one attached hydrogen (secondary N) is 1. The quantitative estimate of drug-likeness (QED) is 0.582. The summed E-state index contributed by atoms with van der Waals surface area (Å²) in [5, 5.41) is 0. The third-order valence-corrected chi connectivity index (χ3v) is 4.26. The lowest BCUT2D eigenvalue weighted by Gasteiger charge is -2.04. The summed E-state index contributed by atoms with van der Waals surface area (Å²) >= 11 is 0. The van der Waals surface area contributed by atoms with E-state index in [0.717, 1.165) is 11.1 Å². The Morgan fingerprint density at radius 1 is 0.857 bits per heavy atom. The van der Waals surface area contributed by atoms with Crippen LogP contribution in [0.25, 0.3) is 34.9 Å². The Balaban J connectivity index is 1.63. The number of rotatable bonds is 4. The van der Waals surface area contributed by atoms with Crippen LogP contribution < -0.4 is 5.56 Å². The van der Waals surface area contributed by atoms with E-state index in [9.17, 15) is 4.79 Å². The highest BCUT2D eigenvalue weighted by molar-refractivity contribution is 5.73. The van der Waals surface area contributed by atoms with Crippen LogP contribution in [0.4, 0.5) is 0 Å². The molecule has 4 aromatic rings. The predicted octanol–water partition coefficient (Wildman–Crippen LogP) is 4.37. The zero-order valence-electron chi connectivity index (χ0n) is 15.3. The molecule has 5 heteroatoms. The van der Waals surface area contributed by atoms with Crippen LogP contribution in [-0.4, -0.2) is 19.9 Å². The summed E-state index contributed by atoms with van der Waals surface area (Å²) < 4.78 is 0. The van der Waals surface area contributed by atoms with Gasteiger partial charge in [0.1, 0.15) is 0 Å². The van der Waals surface area contributed by atoms with Gasteiger partial charge in [0, 0.05) is 18.5 Å². The number of H-pyrrole nitrogens is 1. The van der Waals surface area contributed by atoms with E-state index in [1.165, 1.54) is 17.2 Å². The van der Waals surface area contributed by atoms with Crippen LogP contribution in [0.15, 0.2) is 77.9 Å². The highest BCUT2D eigenvalue weighted by Gasteiger charge is 2.05. The van der Waals surface area contributed by atoms with Gasteiger partial charge in [-0.3, -0.25) is 4.79 Å². The van der Waals surface area contributed by atoms with Gasteiger partial charge >= 0.3 is 0 Å². The van der Waals surface area contributed by atoms with E-state index >= 15 is 0 Å². The van der Waals surface area contributed by atoms with Crippen molar-refractivity contribution in [2.45, 2.75) is 6.92 Å². The van der Waals surface area contributed by atoms with E-state index < -0.39 is 0 Å². The molecule has 1 N–H and O–H groups in total. The first-order chi connectivity index (χ1) is 13.7. The number of aromatic amines is 1. The van der Waals surface area contributed by atoms with Crippen molar-refractivity contribution in [2.75, 3.05) is 0 Å². The summed E-state index contributed by atoms with van der Waals surface area (Å²) in [6, 6.07) is 19.8. The molecule has 0 aliphatic carbocycles. The summed E-state index contributed by atoms with van der Waals surface area (Å²) in [6.45, 7) is 2.08. The summed E-state index contributed by atoms with van der Waals surface area (Å²) in [4.78, 5) is 27.4. The van der Waals surface area contributed by atoms with Gasteiger partial charge in [-0.15, -0.1) is 0 Å². The standard InChI is InChI=1S/C23H18N4O/c1-16-6-9-18(10-7-16)19-5-2-4-17(14-19)8-11-20-15-21(28)27-23(26-20)22-24-12-3-13-25-22/h2-15H,1H3,(H,26,27,28). The molecule has 4 rings (SSSR count). The fourth-order valence-electron chi connectivity index (χ4n) is 2.84. The van der Waals surface area contributed by atoms with Crippen molar-refractivity contribution >= 4 is 12.2 Å². The lowest BCUT2D eigenvalue weighted by Crippen LogP contribution is -2.09. The van der Waals surface area contributed by atoms with Gasteiger partial charge in [-0.1, -0.05) is 54.1 Å². The number of benzene rings is 2. The van der Waals surface area contributed by atoms with Gasteiger partial charge in [-0.25, -0.2) is 15.0 Å². The number of hydrogen-bond donors (Lipinski definition) is 1. The van der Waals surface area contributed by atoms with Gasteiger partial charge in [0.05, 0.1) is 5.69 Å². The summed E-state index contributed by atoms with van der Waals surface area (Å²) in [5.74, 6) is 0.734. The Morgan fingerprint density at radius 2 is 1.64 bits per heavy atom. The molecule has 2 heterocycles. The van der Waals surface area contributed by atoms with Crippen LogP contribution in [0.1, 0.15) is 16.8 Å². The Kier molecular flexibility index (Phi) is 4.89. The second-order valence-electron chi connectivity index (χ2n) is 6.42. The van der Waals surface area contributed by atoms with Crippen LogP contribution in [0.3, 0.4) is 0 Å². The van der Waals surface area contributed by atoms with Crippen LogP contribution in [0, 0.1) is 6.92 Å². The minimum Gasteiger partial charge on any atom is -0.304 e. The molecule has 0 fully saturated rings. The van der Waals surface area contributed by atoms with Crippen LogP contribution in [-0.2, 0) is 0 Å². The van der Waals surface area contributed by atoms with Gasteiger partial charge in [0.2, 0.25) is 0 Å². The van der Waals surface area contributed by atoms with Crippen molar-refractivity contribution in [3.8, 4) is 22.8 Å². The van der Waals surface area contributed by atoms with E-state index in [2.05, 4.69) is 63.3 Å². The maximum absolute atomic E-state index is 12.0. The minimum atomic E-state index is -0.245. The topological polar surface area (TPSA) is 71.5 Å². The number of aryl methyl sites for hydroxylation is 1. The lowest BCUT2D eigenvalue weighted by atomic mass is 10.0. The van der Waals surface area contributed by atoms with Gasteiger partial charge < -0.3 is 4.98 Å². The number of hydrogen-bond acceptors (Lipinski definition) is 4. The van der Waals surface area contributed by atoms with Crippen molar-refractivity contribution in [1.29, 1.82) is 0 Å². The minimum absolute atomic E-state index is 0.245. The molecule has 136 valence electrons. The molecule has 0 spiro atoms. The number of aromatic nitrogens is 4. The summed E-state index contributed by atoms with van der Waals surface area (Å²) in [5.41, 5.74) is 4.87. The molecular weight excluding hydrogens is 348 g/mol. The highest BCUT2D eigenvalue weighted by atomic mass is 16.1. The fourth-order valence-corrected chi connectivity index (χ4v) is 2.84. The van der Waals surface area contributed by atoms with Gasteiger partial charge in [-0.05, 0) is 41.8 Å². The molecule has 28 heavy (non-hydrogen) atoms. The first-order valence-corrected chi connectivity index (χ1v) is 8.91. The maximum Gasteiger partial charge on any atom is 0.251 e. The molecule has 0 bridgehead atoms. The zero-order chi connectivity index (χ0) is 19.3. The zero-order valence-corrected chi connectivity index (χ0v) is 15.3. The first kappa shape index (κ1) is 17.5. The molecule has 0 aliphatic rings. The molecular formula is C23H18N4O. The first-order valence-electron chi connectivity index (χ1n) is 8.91. The predicted molar refractivity (Wildman–Crippen MR) is 111 cm³/mol. The van der Waals surface area contributed by atoms with E-state index in [-0.39, 0.29) is 5.56 Å². The molecule has 5 nitrogen and oxygen atoms in total. The van der Waals surface area contributed by atoms with E-state index in [0.29, 0.717) is 17.3 Å². The number of nitrogens with zero attached hydrogens (tertiary/aromatic N) is 3. The smallest absolute Gasteiger partial charge is 0.251 e. The molecule has 0 aliphatic heterocycles. The second kappa shape index (κ2) is 7.80. The third kappa shape index (κ3) is 4.10. The van der Waals surface area contributed by atoms with Crippen molar-refractivity contribution in [3.05, 3.63) is 100 Å². The SMILES string of the molecule is Cc1ccc(-c2cccc(C=Cc3cc(=O)[nH]c(-c4ncccn4)n3)c2)cc1. The van der Waals surface area contributed by atoms with Crippen LogP contribution >= 0.6 is 0 Å². The molecule has 0 saturated heterocycles. The molecule has 0 atom stereocenters. The van der Waals surface area contributed by atoms with Crippen molar-refractivity contribution in [3.63, 3.8) is 0 Å². The summed E-state index contributed by atoms with van der Waals surface area (Å²) in [6.07, 6.45) is 6.98. The molecule has 0 radical (unpaired) electrons. The molecule has 0 saturated carbocycles. The highest BCUT2D eigenvalue weighted by Crippen LogP contribution is 2.22. The molecule has 0 unspecified atom stereocenters. The Labute approximate surface area is 162 Å². The van der Waals surface area contributed by atoms with E-state index in [1.807, 2.05) is 24.3 Å². The van der Waals surface area contributed by atoms with Crippen LogP contribution in [0.2, 0.25) is 0 Å². The van der Waals surface area contributed by atoms with Gasteiger partial charge in [0.25, 0.3) is 5.56 Å². The average molecular weight is 366 g/mol. The van der Waals surface area contributed by atoms with Gasteiger partial charge in [-0.2, -0.15) is 0 Å². The van der Waals surface area contributed by atoms with E-state index in [1.54, 1.807) is 18.5 Å². The van der Waals surface area contributed by atoms with Crippen molar-refractivity contribution in [1.82, 2.24) is 19.9 Å². The molecule has 2 aromatic heterocycles. The van der Waals surface area contributed by atoms with Crippen molar-refractivity contribution in [2.24, 2.45) is 0 Å². The Morgan fingerprint density at radius 3 is 2.43 bits per heavy atom. The van der Waals surface area contributed by atoms with E-state index in [4.69, 9.17) is 0 Å². The lowest BCUT2D eigenvalue weighted by molar-refractivity contribution is 1.05. The molecule has 0 amide bonds. The summed E-state index contributed by atoms with van der Waals surface area (Å²) in [7, 11) is 0. The second-order valence-corrected chi connectivity index (χ2v) is 6.42. The Hall–Kier alpha value is -3.86. The maximum atomic E-state index is 12.0. The monoisotopic (exact) mass is 366 g/mol. The van der Waals surface area contributed by atoms with Gasteiger partial charge in [0.15, 0.2) is 11.6 Å². The third-order valence-electron chi connectivity index (χ3n) is 4.26. The van der Waals surface area contributed by atoms with Crippen molar-refractivity contribution < 1.29 is 0 Å². The fraction of sp³-hybridized carbons (Fsp3) is 0.0435. The normalized spacial score (nSPS) is 11.0. The average Bonchev–Trinajstić information content (AvgIpc) is 2.73. The van der Waals surface area contributed by atoms with Crippen LogP contribution in [0.5, 0.6) is 0 Å². The molecule has 2 aromatic carbocycles.